The second kappa shape index (κ2) is 5.24. The molecular formula is C6H10O7S. The molecule has 2 fully saturated rings. The molecule has 0 aromatic rings. The predicted octanol–water partition coefficient (Wildman–Crippen LogP) is -0.741. The Labute approximate surface area is 83.2 Å². The number of hydrogen-bond acceptors (Lipinski definition) is 7. The average molecular weight is 226 g/mol. The predicted molar refractivity (Wildman–Crippen MR) is 41.7 cm³/mol. The zero-order valence-corrected chi connectivity index (χ0v) is 8.07. The van der Waals surface area contributed by atoms with Gasteiger partial charge in [-0.25, -0.2) is 9.78 Å². The summed E-state index contributed by atoms with van der Waals surface area (Å²) in [6.45, 7) is 1.28. The molecule has 2 saturated heterocycles. The summed E-state index contributed by atoms with van der Waals surface area (Å²) in [6.07, 6.45) is 0. The number of hydrogen-bond donors (Lipinski definition) is 0. The first kappa shape index (κ1) is 10.6. The van der Waals surface area contributed by atoms with Crippen LogP contribution in [-0.4, -0.2) is 42.2 Å². The Morgan fingerprint density at radius 3 is 1.71 bits per heavy atom. The first-order chi connectivity index (χ1) is 6.88. The molecule has 8 heteroatoms. The molecule has 0 aromatic carbocycles. The fourth-order valence-corrected chi connectivity index (χ4v) is 1.83. The lowest BCUT2D eigenvalue weighted by atomic mass is 10.8. The SMILES string of the molecule is [O-][S+](C1OCCOO1)C1OCCOO1. The summed E-state index contributed by atoms with van der Waals surface area (Å²) in [6, 6.07) is 0. The molecule has 2 unspecified atom stereocenters. The van der Waals surface area contributed by atoms with E-state index in [1.165, 1.54) is 0 Å². The van der Waals surface area contributed by atoms with Crippen LogP contribution in [0.2, 0.25) is 0 Å². The molecule has 0 saturated carbocycles. The molecule has 0 radical (unpaired) electrons. The fraction of sp³-hybridized carbons (Fsp3) is 1.00. The summed E-state index contributed by atoms with van der Waals surface area (Å²) in [5.41, 5.74) is -1.98. The summed E-state index contributed by atoms with van der Waals surface area (Å²) in [7, 11) is 0. The third kappa shape index (κ3) is 2.55. The third-order valence-corrected chi connectivity index (χ3v) is 2.70. The van der Waals surface area contributed by atoms with E-state index in [1.54, 1.807) is 0 Å². The lowest BCUT2D eigenvalue weighted by molar-refractivity contribution is -0.404. The van der Waals surface area contributed by atoms with E-state index in [9.17, 15) is 4.55 Å². The second-order valence-corrected chi connectivity index (χ2v) is 3.91. The van der Waals surface area contributed by atoms with Crippen LogP contribution >= 0.6 is 0 Å². The third-order valence-electron chi connectivity index (χ3n) is 1.51. The molecule has 0 amide bonds. The van der Waals surface area contributed by atoms with Gasteiger partial charge < -0.3 is 14.0 Å². The van der Waals surface area contributed by atoms with E-state index in [0.717, 1.165) is 0 Å². The zero-order valence-electron chi connectivity index (χ0n) is 7.25. The number of rotatable bonds is 2. The van der Waals surface area contributed by atoms with Crippen molar-refractivity contribution in [1.82, 2.24) is 0 Å². The minimum atomic E-state index is -1.63. The maximum absolute atomic E-state index is 11.6. The van der Waals surface area contributed by atoms with E-state index in [1.807, 2.05) is 0 Å². The topological polar surface area (TPSA) is 78.4 Å². The number of ether oxygens (including phenoxy) is 2. The van der Waals surface area contributed by atoms with Crippen LogP contribution in [0.4, 0.5) is 0 Å². The molecule has 0 spiro atoms. The molecule has 0 bridgehead atoms. The van der Waals surface area contributed by atoms with Crippen LogP contribution in [-0.2, 0) is 40.2 Å². The van der Waals surface area contributed by atoms with Gasteiger partial charge in [0.2, 0.25) is 0 Å². The Morgan fingerprint density at radius 2 is 1.36 bits per heavy atom. The fourth-order valence-electron chi connectivity index (χ4n) is 0.922. The molecule has 7 nitrogen and oxygen atoms in total. The maximum atomic E-state index is 11.6. The van der Waals surface area contributed by atoms with Gasteiger partial charge in [0.25, 0.3) is 0 Å². The van der Waals surface area contributed by atoms with Crippen molar-refractivity contribution in [1.29, 1.82) is 0 Å². The zero-order chi connectivity index (χ0) is 9.80. The van der Waals surface area contributed by atoms with E-state index in [-0.39, 0.29) is 0 Å². The van der Waals surface area contributed by atoms with Crippen LogP contribution in [0.15, 0.2) is 0 Å². The normalized spacial score (nSPS) is 36.6. The molecule has 14 heavy (non-hydrogen) atoms. The highest BCUT2D eigenvalue weighted by molar-refractivity contribution is 7.92. The average Bonchev–Trinajstić information content (AvgIpc) is 2.30. The molecule has 2 heterocycles. The molecule has 0 aliphatic carbocycles. The van der Waals surface area contributed by atoms with E-state index in [2.05, 4.69) is 19.6 Å². The molecule has 2 aliphatic rings. The molecule has 2 rings (SSSR count). The van der Waals surface area contributed by atoms with Crippen LogP contribution < -0.4 is 0 Å². The van der Waals surface area contributed by atoms with Crippen molar-refractivity contribution in [3.63, 3.8) is 0 Å². The largest absolute Gasteiger partial charge is 0.608 e. The Hall–Kier alpha value is 0.0700. The smallest absolute Gasteiger partial charge is 0.360 e. The summed E-state index contributed by atoms with van der Waals surface area (Å²) < 4.78 is 21.7. The Balaban J connectivity index is 1.82. The Morgan fingerprint density at radius 1 is 0.857 bits per heavy atom. The molecule has 0 aromatic heterocycles. The van der Waals surface area contributed by atoms with E-state index in [4.69, 9.17) is 9.47 Å². The highest BCUT2D eigenvalue weighted by Crippen LogP contribution is 2.19. The van der Waals surface area contributed by atoms with E-state index < -0.39 is 22.4 Å². The van der Waals surface area contributed by atoms with Gasteiger partial charge in [0.15, 0.2) is 0 Å². The lowest BCUT2D eigenvalue weighted by Gasteiger charge is -2.28. The van der Waals surface area contributed by atoms with Crippen molar-refractivity contribution in [2.45, 2.75) is 11.2 Å². The molecule has 0 N–H and O–H groups in total. The van der Waals surface area contributed by atoms with Gasteiger partial charge >= 0.3 is 11.2 Å². The van der Waals surface area contributed by atoms with Gasteiger partial charge in [0, 0.05) is 0 Å². The summed E-state index contributed by atoms with van der Waals surface area (Å²) >= 11 is -1.63. The summed E-state index contributed by atoms with van der Waals surface area (Å²) in [5.74, 6) is 0. The van der Waals surface area contributed by atoms with Crippen molar-refractivity contribution in [3.8, 4) is 0 Å². The molecule has 2 atom stereocenters. The van der Waals surface area contributed by atoms with Crippen LogP contribution in [0.1, 0.15) is 0 Å². The van der Waals surface area contributed by atoms with E-state index >= 15 is 0 Å². The molecule has 2 aliphatic heterocycles. The van der Waals surface area contributed by atoms with Gasteiger partial charge in [0.05, 0.1) is 24.4 Å². The maximum Gasteiger partial charge on any atom is 0.360 e. The highest BCUT2D eigenvalue weighted by Gasteiger charge is 2.39. The van der Waals surface area contributed by atoms with E-state index in [0.29, 0.717) is 26.4 Å². The minimum Gasteiger partial charge on any atom is -0.608 e. The van der Waals surface area contributed by atoms with Crippen molar-refractivity contribution in [2.75, 3.05) is 26.4 Å². The van der Waals surface area contributed by atoms with Gasteiger partial charge in [0.1, 0.15) is 13.2 Å². The van der Waals surface area contributed by atoms with Gasteiger partial charge in [-0.2, -0.15) is 9.78 Å². The summed E-state index contributed by atoms with van der Waals surface area (Å²) in [5, 5.41) is 0. The monoisotopic (exact) mass is 226 g/mol. The highest BCUT2D eigenvalue weighted by atomic mass is 32.2. The van der Waals surface area contributed by atoms with Crippen molar-refractivity contribution in [2.24, 2.45) is 0 Å². The van der Waals surface area contributed by atoms with Crippen LogP contribution in [0.25, 0.3) is 0 Å². The first-order valence-electron chi connectivity index (χ1n) is 4.07. The summed E-state index contributed by atoms with van der Waals surface area (Å²) in [4.78, 5) is 18.6. The van der Waals surface area contributed by atoms with Gasteiger partial charge in [-0.1, -0.05) is 0 Å². The molecular weight excluding hydrogens is 216 g/mol. The van der Waals surface area contributed by atoms with Crippen LogP contribution in [0.5, 0.6) is 0 Å². The van der Waals surface area contributed by atoms with Crippen molar-refractivity contribution in [3.05, 3.63) is 0 Å². The minimum absolute atomic E-state index is 0.316. The van der Waals surface area contributed by atoms with Crippen LogP contribution in [0, 0.1) is 0 Å². The standard InChI is InChI=1S/C6H10O7S/c7-14(5-8-1-3-10-12-5)6-9-2-4-11-13-6/h5-6H,1-4H2. The second-order valence-electron chi connectivity index (χ2n) is 2.48. The van der Waals surface area contributed by atoms with Crippen molar-refractivity contribution < 1.29 is 33.6 Å². The lowest BCUT2D eigenvalue weighted by Crippen LogP contribution is -2.43. The Kier molecular flexibility index (Phi) is 3.96. The molecule has 82 valence electrons. The van der Waals surface area contributed by atoms with Crippen molar-refractivity contribution >= 4 is 11.2 Å². The van der Waals surface area contributed by atoms with Gasteiger partial charge in [-0.15, -0.1) is 0 Å². The van der Waals surface area contributed by atoms with Crippen LogP contribution in [0.3, 0.4) is 0 Å². The quantitative estimate of drug-likeness (QED) is 0.453. The first-order valence-corrected chi connectivity index (χ1v) is 5.35. The van der Waals surface area contributed by atoms with Gasteiger partial charge in [-0.05, 0) is 0 Å². The van der Waals surface area contributed by atoms with Gasteiger partial charge in [-0.3, -0.25) is 0 Å². The Bertz CT molecular complexity index is 150.